The Hall–Kier alpha value is -1.16. The van der Waals surface area contributed by atoms with Crippen LogP contribution in [0.5, 0.6) is 0 Å². The molecular formula is C19H31IN6S. The second-order valence-electron chi connectivity index (χ2n) is 7.07. The Morgan fingerprint density at radius 3 is 2.85 bits per heavy atom. The van der Waals surface area contributed by atoms with Gasteiger partial charge >= 0.3 is 0 Å². The normalized spacial score (nSPS) is 20.1. The molecule has 2 N–H and O–H groups in total. The number of aryl methyl sites for hydroxylation is 1. The number of halogens is 1. The van der Waals surface area contributed by atoms with Gasteiger partial charge < -0.3 is 15.2 Å². The van der Waals surface area contributed by atoms with Crippen LogP contribution in [0, 0.1) is 5.92 Å². The van der Waals surface area contributed by atoms with Gasteiger partial charge in [0, 0.05) is 30.4 Å². The molecule has 6 nitrogen and oxygen atoms in total. The van der Waals surface area contributed by atoms with E-state index in [-0.39, 0.29) is 24.0 Å². The first-order chi connectivity index (χ1) is 12.7. The molecule has 150 valence electrons. The number of nitrogens with one attached hydrogen (secondary N) is 2. The van der Waals surface area contributed by atoms with E-state index in [9.17, 15) is 0 Å². The summed E-state index contributed by atoms with van der Waals surface area (Å²) in [4.78, 5) is 6.09. The van der Waals surface area contributed by atoms with Crippen LogP contribution in [0.1, 0.15) is 50.2 Å². The van der Waals surface area contributed by atoms with Crippen molar-refractivity contribution in [3.63, 3.8) is 0 Å². The van der Waals surface area contributed by atoms with E-state index in [0.717, 1.165) is 43.8 Å². The maximum atomic E-state index is 4.81. The highest BCUT2D eigenvalue weighted by Crippen LogP contribution is 2.23. The van der Waals surface area contributed by atoms with Crippen LogP contribution in [-0.4, -0.2) is 33.3 Å². The van der Waals surface area contributed by atoms with Gasteiger partial charge in [-0.05, 0) is 43.0 Å². The van der Waals surface area contributed by atoms with Crippen molar-refractivity contribution >= 4 is 41.3 Å². The summed E-state index contributed by atoms with van der Waals surface area (Å²) in [5, 5.41) is 17.4. The molecule has 0 amide bonds. The lowest BCUT2D eigenvalue weighted by Crippen LogP contribution is -2.45. The summed E-state index contributed by atoms with van der Waals surface area (Å²) in [6, 6.07) is 4.75. The smallest absolute Gasteiger partial charge is 0.191 e. The fourth-order valence-corrected chi connectivity index (χ4v) is 3.97. The molecule has 27 heavy (non-hydrogen) atoms. The Balaban J connectivity index is 0.00000261. The molecule has 0 aliphatic heterocycles. The predicted molar refractivity (Wildman–Crippen MR) is 123 cm³/mol. The molecule has 0 spiro atoms. The number of nitrogens with zero attached hydrogens (tertiary/aromatic N) is 4. The van der Waals surface area contributed by atoms with Crippen molar-refractivity contribution in [3.05, 3.63) is 34.5 Å². The molecule has 1 aliphatic rings. The van der Waals surface area contributed by atoms with E-state index in [2.05, 4.69) is 56.8 Å². The summed E-state index contributed by atoms with van der Waals surface area (Å²) >= 11 is 1.75. The lowest BCUT2D eigenvalue weighted by Gasteiger charge is -2.28. The zero-order valence-corrected chi connectivity index (χ0v) is 19.4. The minimum absolute atomic E-state index is 0. The van der Waals surface area contributed by atoms with Crippen molar-refractivity contribution in [3.8, 4) is 0 Å². The van der Waals surface area contributed by atoms with E-state index in [1.807, 2.05) is 0 Å². The van der Waals surface area contributed by atoms with Crippen LogP contribution >= 0.6 is 35.3 Å². The maximum absolute atomic E-state index is 4.81. The Labute approximate surface area is 183 Å². The summed E-state index contributed by atoms with van der Waals surface area (Å²) in [6.45, 7) is 6.84. The number of guanidine groups is 1. The van der Waals surface area contributed by atoms with Crippen LogP contribution in [-0.2, 0) is 19.5 Å². The molecule has 2 heterocycles. The van der Waals surface area contributed by atoms with Gasteiger partial charge in [-0.2, -0.15) is 0 Å². The number of aromatic nitrogens is 3. The van der Waals surface area contributed by atoms with E-state index in [1.54, 1.807) is 17.7 Å². The predicted octanol–water partition coefficient (Wildman–Crippen LogP) is 3.83. The second-order valence-corrected chi connectivity index (χ2v) is 8.10. The van der Waals surface area contributed by atoms with E-state index in [0.29, 0.717) is 6.04 Å². The molecule has 0 atom stereocenters. The van der Waals surface area contributed by atoms with Crippen molar-refractivity contribution in [1.82, 2.24) is 25.4 Å². The molecule has 3 rings (SSSR count). The Morgan fingerprint density at radius 2 is 2.15 bits per heavy atom. The largest absolute Gasteiger partial charge is 0.355 e. The summed E-state index contributed by atoms with van der Waals surface area (Å²) in [5.41, 5.74) is 0. The van der Waals surface area contributed by atoms with Gasteiger partial charge in [-0.25, -0.2) is 4.99 Å². The lowest BCUT2D eigenvalue weighted by molar-refractivity contribution is 0.329. The van der Waals surface area contributed by atoms with Gasteiger partial charge in [0.15, 0.2) is 5.96 Å². The third-order valence-corrected chi connectivity index (χ3v) is 5.85. The number of rotatable bonds is 7. The summed E-state index contributed by atoms with van der Waals surface area (Å²) in [7, 11) is 0. The molecule has 1 aliphatic carbocycles. The van der Waals surface area contributed by atoms with Crippen molar-refractivity contribution in [2.24, 2.45) is 10.9 Å². The molecule has 8 heteroatoms. The summed E-state index contributed by atoms with van der Waals surface area (Å²) in [5.74, 6) is 2.80. The number of thiophene rings is 1. The Bertz CT molecular complexity index is 676. The standard InChI is InChI=1S/C19H30N6S.HI/c1-3-18-24-22-14-25(18)11-10-20-19(21-13-17-5-4-12-26-17)23-16-8-6-15(2)7-9-16;/h4-5,12,14-16H,3,6-11,13H2,1-2H3,(H2,20,21,23);1H. The van der Waals surface area contributed by atoms with Gasteiger partial charge in [-0.3, -0.25) is 0 Å². The van der Waals surface area contributed by atoms with Crippen LogP contribution in [0.2, 0.25) is 0 Å². The topological polar surface area (TPSA) is 67.1 Å². The molecule has 0 bridgehead atoms. The highest BCUT2D eigenvalue weighted by atomic mass is 127. The van der Waals surface area contributed by atoms with Gasteiger partial charge in [-0.15, -0.1) is 45.5 Å². The van der Waals surface area contributed by atoms with E-state index in [4.69, 9.17) is 4.99 Å². The van der Waals surface area contributed by atoms with Crippen molar-refractivity contribution in [2.45, 2.75) is 65.1 Å². The van der Waals surface area contributed by atoms with Crippen molar-refractivity contribution in [1.29, 1.82) is 0 Å². The first-order valence-corrected chi connectivity index (χ1v) is 10.6. The molecule has 0 aromatic carbocycles. The van der Waals surface area contributed by atoms with Crippen molar-refractivity contribution < 1.29 is 0 Å². The molecule has 2 aromatic rings. The van der Waals surface area contributed by atoms with E-state index in [1.165, 1.54) is 30.6 Å². The lowest BCUT2D eigenvalue weighted by atomic mass is 9.87. The third kappa shape index (κ3) is 7.06. The molecule has 0 saturated heterocycles. The minimum Gasteiger partial charge on any atom is -0.355 e. The Morgan fingerprint density at radius 1 is 1.33 bits per heavy atom. The fraction of sp³-hybridized carbons (Fsp3) is 0.632. The Kier molecular flexibility index (Phi) is 9.53. The van der Waals surface area contributed by atoms with E-state index >= 15 is 0 Å². The van der Waals surface area contributed by atoms with E-state index < -0.39 is 0 Å². The van der Waals surface area contributed by atoms with Crippen molar-refractivity contribution in [2.75, 3.05) is 6.54 Å². The van der Waals surface area contributed by atoms with Crippen LogP contribution in [0.3, 0.4) is 0 Å². The summed E-state index contributed by atoms with van der Waals surface area (Å²) in [6.07, 6.45) is 7.77. The first-order valence-electron chi connectivity index (χ1n) is 9.68. The zero-order chi connectivity index (χ0) is 18.2. The SMILES string of the molecule is CCc1nncn1CCNC(=NCc1cccs1)NC1CCC(C)CC1.I. The average Bonchev–Trinajstić information content (AvgIpc) is 3.32. The first kappa shape index (κ1) is 22.1. The van der Waals surface area contributed by atoms with Gasteiger partial charge in [0.2, 0.25) is 0 Å². The number of hydrogen-bond donors (Lipinski definition) is 2. The minimum atomic E-state index is 0. The zero-order valence-electron chi connectivity index (χ0n) is 16.2. The molecule has 0 radical (unpaired) electrons. The molecular weight excluding hydrogens is 471 g/mol. The highest BCUT2D eigenvalue weighted by Gasteiger charge is 2.19. The van der Waals surface area contributed by atoms with Crippen LogP contribution in [0.4, 0.5) is 0 Å². The van der Waals surface area contributed by atoms with Crippen LogP contribution in [0.15, 0.2) is 28.8 Å². The second kappa shape index (κ2) is 11.6. The quantitative estimate of drug-likeness (QED) is 0.343. The van der Waals surface area contributed by atoms with Crippen LogP contribution < -0.4 is 10.6 Å². The third-order valence-electron chi connectivity index (χ3n) is 4.99. The monoisotopic (exact) mass is 502 g/mol. The molecule has 2 aromatic heterocycles. The average molecular weight is 502 g/mol. The van der Waals surface area contributed by atoms with Gasteiger partial charge in [0.1, 0.15) is 12.2 Å². The number of hydrogen-bond acceptors (Lipinski definition) is 4. The van der Waals surface area contributed by atoms with Gasteiger partial charge in [0.05, 0.1) is 6.54 Å². The van der Waals surface area contributed by atoms with Gasteiger partial charge in [-0.1, -0.05) is 19.9 Å². The summed E-state index contributed by atoms with van der Waals surface area (Å²) < 4.78 is 2.10. The highest BCUT2D eigenvalue weighted by molar-refractivity contribution is 14.0. The fourth-order valence-electron chi connectivity index (χ4n) is 3.34. The molecule has 0 unspecified atom stereocenters. The molecule has 1 fully saturated rings. The maximum Gasteiger partial charge on any atom is 0.191 e. The molecule has 1 saturated carbocycles. The van der Waals surface area contributed by atoms with Gasteiger partial charge in [0.25, 0.3) is 0 Å². The van der Waals surface area contributed by atoms with Crippen LogP contribution in [0.25, 0.3) is 0 Å². The number of aliphatic imine (C=N–C) groups is 1.